The smallest absolute Gasteiger partial charge is 0.463 e. The van der Waals surface area contributed by atoms with Gasteiger partial charge in [0, 0.05) is 12.8 Å². The van der Waals surface area contributed by atoms with E-state index in [0.717, 1.165) is 12.0 Å². The van der Waals surface area contributed by atoms with E-state index in [4.69, 9.17) is 23.4 Å². The minimum atomic E-state index is -4.35. The Morgan fingerprint density at radius 2 is 1.41 bits per heavy atom. The molecule has 1 aliphatic rings. The Morgan fingerprint density at radius 3 is 1.94 bits per heavy atom. The third-order valence-electron chi connectivity index (χ3n) is 9.31. The lowest BCUT2D eigenvalue weighted by atomic mass is 9.68. The number of esters is 2. The number of hydrogen-bond donors (Lipinski definition) is 1. The normalized spacial score (nSPS) is 17.8. The first-order chi connectivity index (χ1) is 24.7. The molecule has 306 valence electrons. The molecule has 5 atom stereocenters. The summed E-state index contributed by atoms with van der Waals surface area (Å²) in [6.45, 7) is 16.0. The molecule has 1 fully saturated rings. The fourth-order valence-corrected chi connectivity index (χ4v) is 8.99. The lowest BCUT2D eigenvalue weighted by Crippen LogP contribution is -2.44. The summed E-state index contributed by atoms with van der Waals surface area (Å²) in [7, 11) is 2.60. The predicted molar refractivity (Wildman–Crippen MR) is 210 cm³/mol. The van der Waals surface area contributed by atoms with Crippen LogP contribution < -0.4 is 4.74 Å². The van der Waals surface area contributed by atoms with Gasteiger partial charge in [0.15, 0.2) is 0 Å². The minimum Gasteiger partial charge on any atom is -0.463 e. The molecule has 0 bridgehead atoms. The van der Waals surface area contributed by atoms with Gasteiger partial charge in [0.1, 0.15) is 25.5 Å². The van der Waals surface area contributed by atoms with Crippen molar-refractivity contribution < 1.29 is 61.3 Å². The van der Waals surface area contributed by atoms with Crippen molar-refractivity contribution >= 4 is 54.7 Å². The number of nitrogens with zero attached hydrogens (tertiary/aromatic N) is 2. The molecule has 1 N–H and O–H groups in total. The standard InChI is InChI=1S/C37H61N2O12P3/c1-34(2,32(43)50-28-15-12-27(13-16-28)14-19-31(42)51-38-29(40)17-18-30(38)41)24-36(5,26-37(6,53-11)25-35(3,4)52-10)33(44)47-22-23-49-54(45,46)48-21-20-39(7,8)9/h12-13,15-16,52-53H,14,17-26H2,1-11H3/p+1. The van der Waals surface area contributed by atoms with Crippen LogP contribution in [0.1, 0.15) is 85.6 Å². The van der Waals surface area contributed by atoms with Crippen molar-refractivity contribution in [2.24, 2.45) is 10.8 Å². The highest BCUT2D eigenvalue weighted by Crippen LogP contribution is 2.52. The Kier molecular flexibility index (Phi) is 17.5. The van der Waals surface area contributed by atoms with Gasteiger partial charge in [0.05, 0.1) is 45.0 Å². The summed E-state index contributed by atoms with van der Waals surface area (Å²) in [6.07, 6.45) is 1.63. The molecule has 0 aromatic heterocycles. The molecule has 2 amide bonds. The van der Waals surface area contributed by atoms with Crippen LogP contribution in [0.5, 0.6) is 5.75 Å². The molecule has 0 saturated carbocycles. The lowest BCUT2D eigenvalue weighted by molar-refractivity contribution is -0.870. The average molecular weight is 820 g/mol. The number of imide groups is 1. The Bertz CT molecular complexity index is 1510. The van der Waals surface area contributed by atoms with E-state index >= 15 is 0 Å². The van der Waals surface area contributed by atoms with Crippen molar-refractivity contribution in [1.82, 2.24) is 5.06 Å². The first kappa shape index (κ1) is 47.9. The average Bonchev–Trinajstić information content (AvgIpc) is 3.37. The van der Waals surface area contributed by atoms with E-state index in [1.807, 2.05) is 21.1 Å². The zero-order chi connectivity index (χ0) is 41.2. The van der Waals surface area contributed by atoms with Crippen molar-refractivity contribution in [3.63, 3.8) is 0 Å². The van der Waals surface area contributed by atoms with E-state index in [1.165, 1.54) is 0 Å². The Balaban J connectivity index is 2.13. The third kappa shape index (κ3) is 16.0. The van der Waals surface area contributed by atoms with Crippen molar-refractivity contribution in [3.05, 3.63) is 29.8 Å². The maximum absolute atomic E-state index is 14.0. The fourth-order valence-electron chi connectivity index (χ4n) is 6.37. The first-order valence-electron chi connectivity index (χ1n) is 18.1. The number of likely N-dealkylation sites (N-methyl/N-ethyl adjacent to an activating group) is 1. The first-order valence-corrected chi connectivity index (χ1v) is 22.6. The van der Waals surface area contributed by atoms with Gasteiger partial charge in [-0.2, -0.15) is 0 Å². The number of quaternary nitrogens is 1. The summed E-state index contributed by atoms with van der Waals surface area (Å²) in [4.78, 5) is 78.3. The molecule has 1 aliphatic heterocycles. The number of phosphoric ester groups is 1. The van der Waals surface area contributed by atoms with Gasteiger partial charge in [-0.3, -0.25) is 28.2 Å². The number of benzene rings is 1. The molecular formula is C37H62N2O12P3+. The molecule has 0 spiro atoms. The highest BCUT2D eigenvalue weighted by Gasteiger charge is 2.48. The van der Waals surface area contributed by atoms with Crippen molar-refractivity contribution in [2.45, 2.75) is 96.8 Å². The summed E-state index contributed by atoms with van der Waals surface area (Å²) in [5.41, 5.74) is -1.54. The number of aryl methyl sites for hydroxylation is 1. The second kappa shape index (κ2) is 19.7. The Morgan fingerprint density at radius 1 is 0.833 bits per heavy atom. The summed E-state index contributed by atoms with van der Waals surface area (Å²) < 4.78 is 34.5. The molecule has 0 radical (unpaired) electrons. The van der Waals surface area contributed by atoms with Gasteiger partial charge < -0.3 is 23.7 Å². The second-order valence-corrected chi connectivity index (χ2v) is 21.8. The van der Waals surface area contributed by atoms with Crippen LogP contribution in [0.2, 0.25) is 0 Å². The minimum absolute atomic E-state index is 0.0129. The van der Waals surface area contributed by atoms with Crippen molar-refractivity contribution in [2.75, 3.05) is 60.8 Å². The van der Waals surface area contributed by atoms with Crippen LogP contribution in [0.25, 0.3) is 0 Å². The second-order valence-electron chi connectivity index (χ2n) is 16.8. The molecule has 1 saturated heterocycles. The molecule has 0 aliphatic carbocycles. The van der Waals surface area contributed by atoms with E-state index in [-0.39, 0.29) is 68.0 Å². The van der Waals surface area contributed by atoms with Gasteiger partial charge >= 0.3 is 25.7 Å². The van der Waals surface area contributed by atoms with Crippen molar-refractivity contribution in [1.29, 1.82) is 0 Å². The topological polar surface area (TPSA) is 172 Å². The molecular weight excluding hydrogens is 757 g/mol. The molecule has 1 aromatic carbocycles. The van der Waals surface area contributed by atoms with E-state index in [0.29, 0.717) is 39.7 Å². The fraction of sp³-hybridized carbons (Fsp3) is 0.703. The van der Waals surface area contributed by atoms with Gasteiger partial charge in [0.2, 0.25) is 0 Å². The highest BCUT2D eigenvalue weighted by atomic mass is 31.2. The molecule has 17 heteroatoms. The van der Waals surface area contributed by atoms with Crippen LogP contribution >= 0.6 is 25.0 Å². The van der Waals surface area contributed by atoms with Gasteiger partial charge in [0.25, 0.3) is 11.8 Å². The number of carbonyl (C=O) groups is 5. The summed E-state index contributed by atoms with van der Waals surface area (Å²) >= 11 is 0. The number of amides is 2. The predicted octanol–water partition coefficient (Wildman–Crippen LogP) is 5.87. The maximum Gasteiger partial charge on any atom is 0.472 e. The summed E-state index contributed by atoms with van der Waals surface area (Å²) in [6, 6.07) is 6.60. The SMILES string of the molecule is CPC(C)(C)CC(C)(CC(C)(CC(C)(C)C(=O)Oc1ccc(CCC(=O)ON2C(=O)CCC2=O)cc1)C(=O)OCCOP(=O)(O)OCC[N+](C)(C)C)PC. The summed E-state index contributed by atoms with van der Waals surface area (Å²) in [5.74, 6) is -2.62. The molecule has 2 rings (SSSR count). The third-order valence-corrected chi connectivity index (χ3v) is 13.4. The van der Waals surface area contributed by atoms with Crippen LogP contribution in [-0.4, -0.2) is 115 Å². The number of rotatable bonds is 23. The highest BCUT2D eigenvalue weighted by molar-refractivity contribution is 7.47. The zero-order valence-electron chi connectivity index (χ0n) is 33.9. The number of hydrogen-bond acceptors (Lipinski definition) is 11. The van der Waals surface area contributed by atoms with Gasteiger partial charge in [-0.15, -0.1) is 22.2 Å². The maximum atomic E-state index is 14.0. The largest absolute Gasteiger partial charge is 0.472 e. The van der Waals surface area contributed by atoms with Crippen LogP contribution in [0.15, 0.2) is 24.3 Å². The van der Waals surface area contributed by atoms with Crippen LogP contribution in [-0.2, 0) is 53.6 Å². The zero-order valence-corrected chi connectivity index (χ0v) is 36.8. The monoisotopic (exact) mass is 819 g/mol. The van der Waals surface area contributed by atoms with Crippen LogP contribution in [0, 0.1) is 10.8 Å². The van der Waals surface area contributed by atoms with Crippen molar-refractivity contribution in [3.8, 4) is 5.75 Å². The summed E-state index contributed by atoms with van der Waals surface area (Å²) in [5, 5.41) is 0.304. The molecule has 5 unspecified atom stereocenters. The van der Waals surface area contributed by atoms with E-state index in [1.54, 1.807) is 45.0 Å². The van der Waals surface area contributed by atoms with Gasteiger partial charge in [-0.25, -0.2) is 9.36 Å². The number of carbonyl (C=O) groups excluding carboxylic acids is 5. The Hall–Kier alpha value is -2.30. The van der Waals surface area contributed by atoms with Gasteiger partial charge in [-0.05, 0) is 87.8 Å². The molecule has 1 heterocycles. The number of hydroxylamine groups is 2. The van der Waals surface area contributed by atoms with Gasteiger partial charge in [-0.1, -0.05) is 32.9 Å². The number of ether oxygens (including phenoxy) is 2. The van der Waals surface area contributed by atoms with E-state index < -0.39 is 48.4 Å². The van der Waals surface area contributed by atoms with E-state index in [9.17, 15) is 33.4 Å². The molecule has 14 nitrogen and oxygen atoms in total. The van der Waals surface area contributed by atoms with E-state index in [2.05, 4.69) is 34.1 Å². The quantitative estimate of drug-likeness (QED) is 0.0348. The van der Waals surface area contributed by atoms with Crippen LogP contribution in [0.4, 0.5) is 0 Å². The molecule has 54 heavy (non-hydrogen) atoms. The Labute approximate surface area is 324 Å². The molecule has 1 aromatic rings. The van der Waals surface area contributed by atoms with Crippen LogP contribution in [0.3, 0.4) is 0 Å². The number of phosphoric acid groups is 1. The lowest BCUT2D eigenvalue weighted by Gasteiger charge is -2.43.